The van der Waals surface area contributed by atoms with E-state index in [0.29, 0.717) is 41.9 Å². The van der Waals surface area contributed by atoms with E-state index >= 15 is 0 Å². The minimum Gasteiger partial charge on any atom is -0.436 e. The smallest absolute Gasteiger partial charge is 0.263 e. The molecule has 0 atom stereocenters. The van der Waals surface area contributed by atoms with Gasteiger partial charge in [-0.2, -0.15) is 0 Å². The van der Waals surface area contributed by atoms with Crippen LogP contribution >= 0.6 is 0 Å². The lowest BCUT2D eigenvalue weighted by Crippen LogP contribution is -2.42. The van der Waals surface area contributed by atoms with E-state index in [0.717, 1.165) is 43.1 Å². The van der Waals surface area contributed by atoms with Gasteiger partial charge in [0.05, 0.1) is 11.0 Å². The van der Waals surface area contributed by atoms with Crippen molar-refractivity contribution in [1.29, 1.82) is 0 Å². The summed E-state index contributed by atoms with van der Waals surface area (Å²) in [7, 11) is 1.90. The number of aldehydes is 1. The monoisotopic (exact) mass is 484 g/mol. The average Bonchev–Trinajstić information content (AvgIpc) is 3.37. The summed E-state index contributed by atoms with van der Waals surface area (Å²) in [5, 5.41) is 3.14. The average molecular weight is 485 g/mol. The van der Waals surface area contributed by atoms with Crippen LogP contribution in [-0.2, 0) is 4.79 Å². The first-order valence-electron chi connectivity index (χ1n) is 12.0. The number of nitrogens with one attached hydrogen (secondary N) is 2. The lowest BCUT2D eigenvalue weighted by Gasteiger charge is -2.39. The summed E-state index contributed by atoms with van der Waals surface area (Å²) in [4.78, 5) is 43.2. The van der Waals surface area contributed by atoms with E-state index in [-0.39, 0.29) is 11.2 Å². The molecule has 1 aliphatic rings. The van der Waals surface area contributed by atoms with E-state index in [9.17, 15) is 9.59 Å². The summed E-state index contributed by atoms with van der Waals surface area (Å²) in [6.07, 6.45) is 6.68. The zero-order chi connectivity index (χ0) is 25.0. The normalized spacial score (nSPS) is 15.1. The summed E-state index contributed by atoms with van der Waals surface area (Å²) < 4.78 is 6.06. The molecule has 0 amide bonds. The molecule has 0 spiro atoms. The Labute approximate surface area is 208 Å². The van der Waals surface area contributed by atoms with Crippen molar-refractivity contribution in [3.63, 3.8) is 0 Å². The Bertz CT molecular complexity index is 1330. The number of H-pyrrole nitrogens is 1. The minimum atomic E-state index is -0.301. The van der Waals surface area contributed by atoms with Crippen molar-refractivity contribution in [3.8, 4) is 11.6 Å². The lowest BCUT2D eigenvalue weighted by atomic mass is 9.77. The Morgan fingerprint density at radius 3 is 2.58 bits per heavy atom. The number of carbonyl (C=O) groups excluding carboxylic acids is 2. The maximum Gasteiger partial charge on any atom is 0.263 e. The number of fused-ring (bicyclic) bond motifs is 1. The minimum absolute atomic E-state index is 0.191. The second kappa shape index (κ2) is 10.2. The summed E-state index contributed by atoms with van der Waals surface area (Å²) in [5.74, 6) is 1.69. The Morgan fingerprint density at radius 2 is 1.86 bits per heavy atom. The molecule has 5 rings (SSSR count). The van der Waals surface area contributed by atoms with Crippen LogP contribution in [0.3, 0.4) is 0 Å². The van der Waals surface area contributed by atoms with Crippen molar-refractivity contribution < 1.29 is 14.3 Å². The molecule has 1 fully saturated rings. The Balaban J connectivity index is 1.28. The van der Waals surface area contributed by atoms with E-state index < -0.39 is 0 Å². The predicted octanol–water partition coefficient (Wildman–Crippen LogP) is 3.77. The quantitative estimate of drug-likeness (QED) is 0.273. The number of aromatic nitrogens is 4. The van der Waals surface area contributed by atoms with Crippen molar-refractivity contribution in [2.24, 2.45) is 5.41 Å². The number of carbonyl (C=O) groups is 2. The van der Waals surface area contributed by atoms with Gasteiger partial charge in [-0.3, -0.25) is 4.79 Å². The van der Waals surface area contributed by atoms with Crippen LogP contribution in [0.15, 0.2) is 60.9 Å². The highest BCUT2D eigenvalue weighted by Crippen LogP contribution is 2.37. The second-order valence-electron chi connectivity index (χ2n) is 9.06. The Morgan fingerprint density at radius 1 is 1.11 bits per heavy atom. The van der Waals surface area contributed by atoms with E-state index in [2.05, 4.69) is 30.2 Å². The molecule has 4 aromatic rings. The van der Waals surface area contributed by atoms with Crippen LogP contribution in [0.2, 0.25) is 0 Å². The number of anilines is 1. The van der Waals surface area contributed by atoms with Gasteiger partial charge in [-0.25, -0.2) is 15.0 Å². The maximum absolute atomic E-state index is 12.9. The number of para-hydroxylation sites is 2. The van der Waals surface area contributed by atoms with Gasteiger partial charge in [0, 0.05) is 36.5 Å². The van der Waals surface area contributed by atoms with Gasteiger partial charge in [0.25, 0.3) is 5.88 Å². The zero-order valence-electron chi connectivity index (χ0n) is 20.1. The van der Waals surface area contributed by atoms with Crippen LogP contribution in [0.4, 0.5) is 5.82 Å². The first kappa shape index (κ1) is 23.6. The number of ether oxygens (including phenoxy) is 1. The molecule has 1 aliphatic heterocycles. The number of hydrogen-bond acceptors (Lipinski definition) is 8. The zero-order valence-corrected chi connectivity index (χ0v) is 20.1. The largest absolute Gasteiger partial charge is 0.436 e. The Kier molecular flexibility index (Phi) is 6.73. The molecule has 9 nitrogen and oxygen atoms in total. The standard InChI is InChI=1S/C27H28N6O3/c1-28-13-10-27(18-34)11-16-33(17-12-27)25-26(30-15-14-29-25)36-20-8-6-19(7-9-20)23(35)24-31-21-4-2-3-5-22(21)32-24/h2-9,14-15,18,28H,10-13,16-17H2,1H3,(H,31,32). The molecule has 3 heterocycles. The van der Waals surface area contributed by atoms with Crippen molar-refractivity contribution in [2.75, 3.05) is 31.6 Å². The number of piperidine rings is 1. The van der Waals surface area contributed by atoms with Crippen molar-refractivity contribution >= 4 is 28.9 Å². The van der Waals surface area contributed by atoms with Gasteiger partial charge in [-0.15, -0.1) is 0 Å². The van der Waals surface area contributed by atoms with Gasteiger partial charge >= 0.3 is 0 Å². The first-order valence-corrected chi connectivity index (χ1v) is 12.0. The number of benzene rings is 2. The van der Waals surface area contributed by atoms with Crippen LogP contribution < -0.4 is 15.0 Å². The highest BCUT2D eigenvalue weighted by Gasteiger charge is 2.35. The molecule has 184 valence electrons. The van der Waals surface area contributed by atoms with Gasteiger partial charge in [-0.05, 0) is 69.3 Å². The van der Waals surface area contributed by atoms with Crippen LogP contribution in [0, 0.1) is 5.41 Å². The third kappa shape index (κ3) is 4.83. The molecule has 0 unspecified atom stereocenters. The van der Waals surface area contributed by atoms with E-state index in [4.69, 9.17) is 4.74 Å². The number of ketones is 1. The fraction of sp³-hybridized carbons (Fsp3) is 0.296. The number of hydrogen-bond donors (Lipinski definition) is 2. The summed E-state index contributed by atoms with van der Waals surface area (Å²) >= 11 is 0. The van der Waals surface area contributed by atoms with E-state index in [1.54, 1.807) is 36.7 Å². The predicted molar refractivity (Wildman–Crippen MR) is 137 cm³/mol. The van der Waals surface area contributed by atoms with Crippen LogP contribution in [0.5, 0.6) is 11.6 Å². The van der Waals surface area contributed by atoms with Gasteiger partial charge in [0.2, 0.25) is 5.78 Å². The second-order valence-corrected chi connectivity index (χ2v) is 9.06. The van der Waals surface area contributed by atoms with Gasteiger partial charge in [0.15, 0.2) is 11.6 Å². The molecular formula is C27H28N6O3. The molecule has 2 aromatic heterocycles. The van der Waals surface area contributed by atoms with Crippen LogP contribution in [0.1, 0.15) is 35.4 Å². The third-order valence-electron chi connectivity index (χ3n) is 6.76. The summed E-state index contributed by atoms with van der Waals surface area (Å²) in [6, 6.07) is 14.4. The fourth-order valence-electron chi connectivity index (χ4n) is 4.55. The molecular weight excluding hydrogens is 456 g/mol. The summed E-state index contributed by atoms with van der Waals surface area (Å²) in [6.45, 7) is 2.21. The molecule has 2 N–H and O–H groups in total. The molecule has 0 saturated carbocycles. The van der Waals surface area contributed by atoms with Crippen LogP contribution in [0.25, 0.3) is 11.0 Å². The van der Waals surface area contributed by atoms with Gasteiger partial charge in [-0.1, -0.05) is 12.1 Å². The number of imidazole rings is 1. The van der Waals surface area contributed by atoms with Gasteiger partial charge < -0.3 is 24.7 Å². The first-order chi connectivity index (χ1) is 17.6. The van der Waals surface area contributed by atoms with Crippen molar-refractivity contribution in [1.82, 2.24) is 25.3 Å². The Hall–Kier alpha value is -4.11. The number of nitrogens with zero attached hydrogens (tertiary/aromatic N) is 4. The van der Waals surface area contributed by atoms with E-state index in [1.165, 1.54) is 0 Å². The SMILES string of the molecule is CNCCC1(C=O)CCN(c2nccnc2Oc2ccc(C(=O)c3nc4ccccc4[nH]3)cc2)CC1. The van der Waals surface area contributed by atoms with Crippen molar-refractivity contribution in [3.05, 3.63) is 72.3 Å². The maximum atomic E-state index is 12.9. The molecule has 0 aliphatic carbocycles. The molecule has 0 bridgehead atoms. The molecule has 36 heavy (non-hydrogen) atoms. The molecule has 2 aromatic carbocycles. The number of aromatic amines is 1. The fourth-order valence-corrected chi connectivity index (χ4v) is 4.55. The van der Waals surface area contributed by atoms with Crippen LogP contribution in [-0.4, -0.2) is 58.7 Å². The molecule has 0 radical (unpaired) electrons. The number of rotatable bonds is 9. The molecule has 9 heteroatoms. The highest BCUT2D eigenvalue weighted by atomic mass is 16.5. The molecule has 1 saturated heterocycles. The highest BCUT2D eigenvalue weighted by molar-refractivity contribution is 6.08. The lowest BCUT2D eigenvalue weighted by molar-refractivity contribution is -0.117. The topological polar surface area (TPSA) is 113 Å². The van der Waals surface area contributed by atoms with Crippen molar-refractivity contribution in [2.45, 2.75) is 19.3 Å². The third-order valence-corrected chi connectivity index (χ3v) is 6.76. The van der Waals surface area contributed by atoms with E-state index in [1.807, 2.05) is 31.3 Å². The summed E-state index contributed by atoms with van der Waals surface area (Å²) in [5.41, 5.74) is 1.77. The van der Waals surface area contributed by atoms with Gasteiger partial charge in [0.1, 0.15) is 12.0 Å².